The third-order valence-electron chi connectivity index (χ3n) is 1.79. The molecule has 1 amide bonds. The normalized spacial score (nSPS) is 9.86. The van der Waals surface area contributed by atoms with E-state index < -0.39 is 17.2 Å². The van der Waals surface area contributed by atoms with Crippen molar-refractivity contribution < 1.29 is 4.79 Å². The molecule has 76 valence electrons. The number of hydrogen-bond acceptors (Lipinski definition) is 4. The lowest BCUT2D eigenvalue weighted by atomic mass is 10.3. The number of H-pyrrole nitrogens is 1. The van der Waals surface area contributed by atoms with Gasteiger partial charge in [-0.15, -0.1) is 0 Å². The third-order valence-corrected chi connectivity index (χ3v) is 1.79. The van der Waals surface area contributed by atoms with Gasteiger partial charge in [0.15, 0.2) is 0 Å². The first-order chi connectivity index (χ1) is 6.49. The maximum Gasteiger partial charge on any atom is 0.329 e. The van der Waals surface area contributed by atoms with Crippen molar-refractivity contribution in [1.29, 1.82) is 0 Å². The molecule has 7 heteroatoms. The van der Waals surface area contributed by atoms with Crippen molar-refractivity contribution >= 4 is 11.7 Å². The highest BCUT2D eigenvalue weighted by atomic mass is 16.2. The van der Waals surface area contributed by atoms with E-state index in [9.17, 15) is 14.4 Å². The molecule has 0 radical (unpaired) electrons. The molecular formula is C7H10N4O3. The van der Waals surface area contributed by atoms with Gasteiger partial charge in [-0.25, -0.2) is 4.79 Å². The molecule has 0 aliphatic heterocycles. The molecule has 0 saturated carbocycles. The smallest absolute Gasteiger partial charge is 0.329 e. The number of nitrogens with two attached hydrogens (primary N) is 1. The molecule has 1 aromatic heterocycles. The molecule has 0 aromatic carbocycles. The van der Waals surface area contributed by atoms with Crippen LogP contribution in [-0.2, 0) is 7.05 Å². The lowest BCUT2D eigenvalue weighted by molar-refractivity contribution is 0.0961. The van der Waals surface area contributed by atoms with E-state index in [-0.39, 0.29) is 11.4 Å². The van der Waals surface area contributed by atoms with Gasteiger partial charge < -0.3 is 11.1 Å². The summed E-state index contributed by atoms with van der Waals surface area (Å²) in [6, 6.07) is 0. The molecule has 0 aliphatic carbocycles. The summed E-state index contributed by atoms with van der Waals surface area (Å²) >= 11 is 0. The Labute approximate surface area is 78.5 Å². The number of nitrogens with zero attached hydrogens (tertiary/aromatic N) is 1. The molecule has 0 unspecified atom stereocenters. The fourth-order valence-electron chi connectivity index (χ4n) is 0.981. The van der Waals surface area contributed by atoms with Crippen molar-refractivity contribution in [2.45, 2.75) is 0 Å². The van der Waals surface area contributed by atoms with E-state index in [1.165, 1.54) is 14.1 Å². The zero-order chi connectivity index (χ0) is 10.9. The zero-order valence-corrected chi connectivity index (χ0v) is 7.75. The van der Waals surface area contributed by atoms with E-state index in [0.717, 1.165) is 4.57 Å². The number of hydrogen-bond donors (Lipinski definition) is 3. The molecule has 0 atom stereocenters. The molecule has 0 aliphatic rings. The molecule has 0 fully saturated rings. The van der Waals surface area contributed by atoms with Gasteiger partial charge in [-0.1, -0.05) is 0 Å². The van der Waals surface area contributed by atoms with E-state index in [4.69, 9.17) is 5.73 Å². The van der Waals surface area contributed by atoms with Crippen LogP contribution in [0.15, 0.2) is 9.59 Å². The molecule has 0 spiro atoms. The largest absolute Gasteiger partial charge is 0.384 e. The molecule has 1 aromatic rings. The average Bonchev–Trinajstić information content (AvgIpc) is 2.14. The van der Waals surface area contributed by atoms with Gasteiger partial charge in [0.1, 0.15) is 11.4 Å². The SMILES string of the molecule is CNC(=O)c1c(N)[nH]c(=O)n(C)c1=O. The minimum absolute atomic E-state index is 0.225. The highest BCUT2D eigenvalue weighted by Crippen LogP contribution is 1.97. The fourth-order valence-corrected chi connectivity index (χ4v) is 0.981. The summed E-state index contributed by atoms with van der Waals surface area (Å²) in [6.45, 7) is 0. The third kappa shape index (κ3) is 1.39. The number of nitrogens with one attached hydrogen (secondary N) is 2. The highest BCUT2D eigenvalue weighted by molar-refractivity contribution is 5.97. The molecule has 14 heavy (non-hydrogen) atoms. The van der Waals surface area contributed by atoms with Crippen LogP contribution in [0.25, 0.3) is 0 Å². The topological polar surface area (TPSA) is 110 Å². The fraction of sp³-hybridized carbons (Fsp3) is 0.286. The van der Waals surface area contributed by atoms with Crippen molar-refractivity contribution in [3.63, 3.8) is 0 Å². The summed E-state index contributed by atoms with van der Waals surface area (Å²) in [5, 5.41) is 2.26. The first-order valence-corrected chi connectivity index (χ1v) is 3.80. The Bertz CT molecular complexity index is 485. The Morgan fingerprint density at radius 3 is 2.57 bits per heavy atom. The van der Waals surface area contributed by atoms with Crippen LogP contribution in [0, 0.1) is 0 Å². The number of amides is 1. The molecule has 7 nitrogen and oxygen atoms in total. The van der Waals surface area contributed by atoms with Crippen molar-refractivity contribution in [1.82, 2.24) is 14.9 Å². The summed E-state index contributed by atoms with van der Waals surface area (Å²) in [6.07, 6.45) is 0. The Balaban J connectivity index is 3.61. The molecule has 0 bridgehead atoms. The van der Waals surface area contributed by atoms with Crippen LogP contribution < -0.4 is 22.3 Å². The number of aromatic nitrogens is 2. The van der Waals surface area contributed by atoms with Crippen LogP contribution in [-0.4, -0.2) is 22.5 Å². The van der Waals surface area contributed by atoms with Gasteiger partial charge in [0.25, 0.3) is 11.5 Å². The highest BCUT2D eigenvalue weighted by Gasteiger charge is 2.15. The summed E-state index contributed by atoms with van der Waals surface area (Å²) in [5.41, 5.74) is 3.71. The summed E-state index contributed by atoms with van der Waals surface area (Å²) in [4.78, 5) is 35.8. The van der Waals surface area contributed by atoms with E-state index in [2.05, 4.69) is 10.3 Å². The van der Waals surface area contributed by atoms with Gasteiger partial charge in [-0.2, -0.15) is 0 Å². The van der Waals surface area contributed by atoms with E-state index in [0.29, 0.717) is 0 Å². The Morgan fingerprint density at radius 1 is 1.50 bits per heavy atom. The van der Waals surface area contributed by atoms with Gasteiger partial charge >= 0.3 is 5.69 Å². The standard InChI is InChI=1S/C7H10N4O3/c1-9-5(12)3-4(8)10-7(14)11(2)6(3)13/h8H2,1-2H3,(H,9,12)(H,10,14). The van der Waals surface area contributed by atoms with Crippen LogP contribution in [0.5, 0.6) is 0 Å². The summed E-state index contributed by atoms with van der Waals surface area (Å²) in [5.74, 6) is -0.850. The minimum Gasteiger partial charge on any atom is -0.384 e. The average molecular weight is 198 g/mol. The summed E-state index contributed by atoms with van der Waals surface area (Å²) < 4.78 is 0.779. The Morgan fingerprint density at radius 2 is 2.07 bits per heavy atom. The van der Waals surface area contributed by atoms with Crippen molar-refractivity contribution in [2.75, 3.05) is 12.8 Å². The number of anilines is 1. The van der Waals surface area contributed by atoms with Gasteiger partial charge in [0.2, 0.25) is 0 Å². The van der Waals surface area contributed by atoms with Crippen LogP contribution in [0.3, 0.4) is 0 Å². The Kier molecular flexibility index (Phi) is 2.41. The van der Waals surface area contributed by atoms with Gasteiger partial charge in [-0.05, 0) is 0 Å². The van der Waals surface area contributed by atoms with Gasteiger partial charge in [0.05, 0.1) is 0 Å². The van der Waals surface area contributed by atoms with Crippen molar-refractivity contribution in [2.24, 2.45) is 7.05 Å². The number of carbonyl (C=O) groups is 1. The predicted molar refractivity (Wildman–Crippen MR) is 50.1 cm³/mol. The number of aromatic amines is 1. The molecule has 1 heterocycles. The monoisotopic (exact) mass is 198 g/mol. The number of carbonyl (C=O) groups excluding carboxylic acids is 1. The van der Waals surface area contributed by atoms with Crippen LogP contribution in [0.1, 0.15) is 10.4 Å². The zero-order valence-electron chi connectivity index (χ0n) is 7.75. The van der Waals surface area contributed by atoms with E-state index >= 15 is 0 Å². The predicted octanol–water partition coefficient (Wildman–Crippen LogP) is -1.98. The quantitative estimate of drug-likeness (QED) is 0.485. The van der Waals surface area contributed by atoms with Crippen LogP contribution in [0.2, 0.25) is 0 Å². The van der Waals surface area contributed by atoms with Crippen molar-refractivity contribution in [3.05, 3.63) is 26.4 Å². The molecule has 1 rings (SSSR count). The summed E-state index contributed by atoms with van der Waals surface area (Å²) in [7, 11) is 2.62. The van der Waals surface area contributed by atoms with Crippen LogP contribution in [0.4, 0.5) is 5.82 Å². The molecular weight excluding hydrogens is 188 g/mol. The van der Waals surface area contributed by atoms with Crippen molar-refractivity contribution in [3.8, 4) is 0 Å². The molecule has 0 saturated heterocycles. The van der Waals surface area contributed by atoms with Crippen LogP contribution >= 0.6 is 0 Å². The van der Waals surface area contributed by atoms with Gasteiger partial charge in [0, 0.05) is 14.1 Å². The first kappa shape index (κ1) is 10.0. The second kappa shape index (κ2) is 3.36. The molecule has 4 N–H and O–H groups in total. The second-order valence-electron chi connectivity index (χ2n) is 2.66. The van der Waals surface area contributed by atoms with E-state index in [1.54, 1.807) is 0 Å². The first-order valence-electron chi connectivity index (χ1n) is 3.80. The van der Waals surface area contributed by atoms with Gasteiger partial charge in [-0.3, -0.25) is 19.1 Å². The lowest BCUT2D eigenvalue weighted by Crippen LogP contribution is -2.39. The maximum atomic E-state index is 11.4. The second-order valence-corrected chi connectivity index (χ2v) is 2.66. The van der Waals surface area contributed by atoms with E-state index in [1.807, 2.05) is 0 Å². The number of rotatable bonds is 1. The number of nitrogen functional groups attached to an aromatic ring is 1. The lowest BCUT2D eigenvalue weighted by Gasteiger charge is -2.04. The Hall–Kier alpha value is -2.05. The maximum absolute atomic E-state index is 11.4. The minimum atomic E-state index is -0.717.